The van der Waals surface area contributed by atoms with Crippen LogP contribution in [-0.2, 0) is 6.42 Å². The van der Waals surface area contributed by atoms with Crippen LogP contribution in [0, 0.1) is 0 Å². The molecule has 2 aromatic carbocycles. The molecule has 0 saturated carbocycles. The van der Waals surface area contributed by atoms with Crippen molar-refractivity contribution in [3.05, 3.63) is 58.6 Å². The molecule has 0 aromatic heterocycles. The van der Waals surface area contributed by atoms with Gasteiger partial charge in [0.15, 0.2) is 0 Å². The highest BCUT2D eigenvalue weighted by molar-refractivity contribution is 9.10. The summed E-state index contributed by atoms with van der Waals surface area (Å²) in [6.07, 6.45) is 1.21. The summed E-state index contributed by atoms with van der Waals surface area (Å²) in [4.78, 5) is 0. The van der Waals surface area contributed by atoms with Crippen molar-refractivity contribution in [2.24, 2.45) is 0 Å². The van der Waals surface area contributed by atoms with Gasteiger partial charge < -0.3 is 14.8 Å². The Morgan fingerprint density at radius 1 is 1.14 bits per heavy atom. The average Bonchev–Trinajstić information content (AvgIpc) is 2.91. The normalized spacial score (nSPS) is 16.3. The van der Waals surface area contributed by atoms with Crippen LogP contribution in [0.25, 0.3) is 0 Å². The summed E-state index contributed by atoms with van der Waals surface area (Å²) in [5.41, 5.74) is 1.30. The molecule has 21 heavy (non-hydrogen) atoms. The van der Waals surface area contributed by atoms with Gasteiger partial charge in [-0.05, 0) is 35.9 Å². The van der Waals surface area contributed by atoms with Gasteiger partial charge in [-0.25, -0.2) is 0 Å². The second-order valence-corrected chi connectivity index (χ2v) is 5.97. The van der Waals surface area contributed by atoms with E-state index < -0.39 is 0 Å². The van der Waals surface area contributed by atoms with Gasteiger partial charge in [-0.1, -0.05) is 34.1 Å². The van der Waals surface area contributed by atoms with Crippen LogP contribution in [0.4, 0.5) is 0 Å². The molecule has 2 aromatic rings. The number of nitrogens with one attached hydrogen (secondary N) is 1. The van der Waals surface area contributed by atoms with Crippen LogP contribution < -0.4 is 14.8 Å². The molecule has 0 bridgehead atoms. The molecule has 1 aliphatic rings. The predicted molar refractivity (Wildman–Crippen MR) is 87.1 cm³/mol. The van der Waals surface area contributed by atoms with Crippen molar-refractivity contribution in [2.75, 3.05) is 19.7 Å². The van der Waals surface area contributed by atoms with Crippen molar-refractivity contribution in [3.63, 3.8) is 0 Å². The predicted octanol–water partition coefficient (Wildman–Crippen LogP) is 3.42. The van der Waals surface area contributed by atoms with Crippen LogP contribution >= 0.6 is 15.9 Å². The Morgan fingerprint density at radius 2 is 1.95 bits per heavy atom. The van der Waals surface area contributed by atoms with E-state index in [9.17, 15) is 0 Å². The van der Waals surface area contributed by atoms with Crippen molar-refractivity contribution in [1.82, 2.24) is 5.32 Å². The highest BCUT2D eigenvalue weighted by atomic mass is 79.9. The van der Waals surface area contributed by atoms with Gasteiger partial charge in [0, 0.05) is 24.0 Å². The summed E-state index contributed by atoms with van der Waals surface area (Å²) in [6.45, 7) is 2.31. The zero-order valence-corrected chi connectivity index (χ0v) is 13.3. The number of halogens is 1. The monoisotopic (exact) mass is 347 g/mol. The molecule has 0 aliphatic carbocycles. The summed E-state index contributed by atoms with van der Waals surface area (Å²) in [5, 5.41) is 3.38. The number of rotatable bonds is 6. The lowest BCUT2D eigenvalue weighted by molar-refractivity contribution is 0.222. The largest absolute Gasteiger partial charge is 0.492 e. The summed E-state index contributed by atoms with van der Waals surface area (Å²) >= 11 is 3.41. The molecule has 110 valence electrons. The van der Waals surface area contributed by atoms with E-state index in [1.54, 1.807) is 0 Å². The minimum Gasteiger partial charge on any atom is -0.492 e. The van der Waals surface area contributed by atoms with Crippen molar-refractivity contribution in [1.29, 1.82) is 0 Å². The first kappa shape index (κ1) is 14.4. The van der Waals surface area contributed by atoms with Crippen molar-refractivity contribution >= 4 is 15.9 Å². The molecule has 0 amide bonds. The zero-order chi connectivity index (χ0) is 14.5. The number of benzene rings is 2. The smallest absolute Gasteiger partial charge is 0.123 e. The first-order valence-electron chi connectivity index (χ1n) is 7.15. The van der Waals surface area contributed by atoms with Crippen molar-refractivity contribution in [2.45, 2.75) is 12.5 Å². The highest BCUT2D eigenvalue weighted by Gasteiger charge is 2.21. The van der Waals surface area contributed by atoms with Crippen molar-refractivity contribution < 1.29 is 9.47 Å². The molecule has 3 rings (SSSR count). The maximum Gasteiger partial charge on any atom is 0.123 e. The standard InChI is InChI=1S/C17H18BrNO2/c18-14-5-7-15(8-6-14)20-10-9-19-12-16-11-13-3-1-2-4-17(13)21-16/h1-8,16,19H,9-12H2. The van der Waals surface area contributed by atoms with E-state index in [2.05, 4.69) is 33.4 Å². The second kappa shape index (κ2) is 6.96. The Kier molecular flexibility index (Phi) is 4.78. The Hall–Kier alpha value is -1.52. The first-order valence-corrected chi connectivity index (χ1v) is 7.94. The molecule has 3 nitrogen and oxygen atoms in total. The van der Waals surface area contributed by atoms with E-state index in [1.807, 2.05) is 36.4 Å². The van der Waals surface area contributed by atoms with Crippen LogP contribution in [-0.4, -0.2) is 25.8 Å². The molecular formula is C17H18BrNO2. The fourth-order valence-corrected chi connectivity index (χ4v) is 2.67. The quantitative estimate of drug-likeness (QED) is 0.812. The van der Waals surface area contributed by atoms with Gasteiger partial charge in [0.05, 0.1) is 0 Å². The Balaban J connectivity index is 1.34. The van der Waals surface area contributed by atoms with Gasteiger partial charge in [-0.15, -0.1) is 0 Å². The third kappa shape index (κ3) is 3.99. The lowest BCUT2D eigenvalue weighted by Crippen LogP contribution is -2.32. The molecule has 0 radical (unpaired) electrons. The number of fused-ring (bicyclic) bond motifs is 1. The number of hydrogen-bond donors (Lipinski definition) is 1. The lowest BCUT2D eigenvalue weighted by Gasteiger charge is -2.12. The minimum absolute atomic E-state index is 0.232. The Morgan fingerprint density at radius 3 is 2.76 bits per heavy atom. The Labute approximate surface area is 133 Å². The van der Waals surface area contributed by atoms with Crippen LogP contribution in [0.3, 0.4) is 0 Å². The molecule has 0 spiro atoms. The van der Waals surface area contributed by atoms with E-state index in [4.69, 9.17) is 9.47 Å². The maximum absolute atomic E-state index is 5.88. The molecule has 0 fully saturated rings. The molecular weight excluding hydrogens is 330 g/mol. The minimum atomic E-state index is 0.232. The molecule has 1 heterocycles. The van der Waals surface area contributed by atoms with E-state index in [0.29, 0.717) is 6.61 Å². The van der Waals surface area contributed by atoms with Crippen molar-refractivity contribution in [3.8, 4) is 11.5 Å². The summed E-state index contributed by atoms with van der Waals surface area (Å²) in [6, 6.07) is 16.1. The fraction of sp³-hybridized carbons (Fsp3) is 0.294. The van der Waals surface area contributed by atoms with Crippen LogP contribution in [0.2, 0.25) is 0 Å². The molecule has 1 N–H and O–H groups in total. The van der Waals surface area contributed by atoms with Gasteiger partial charge in [0.1, 0.15) is 24.2 Å². The van der Waals surface area contributed by atoms with Crippen LogP contribution in [0.15, 0.2) is 53.0 Å². The molecule has 4 heteroatoms. The third-order valence-corrected chi connectivity index (χ3v) is 3.98. The molecule has 1 aliphatic heterocycles. The lowest BCUT2D eigenvalue weighted by atomic mass is 10.1. The van der Waals surface area contributed by atoms with Crippen LogP contribution in [0.5, 0.6) is 11.5 Å². The maximum atomic E-state index is 5.88. The SMILES string of the molecule is Brc1ccc(OCCNCC2Cc3ccccc3O2)cc1. The topological polar surface area (TPSA) is 30.5 Å². The van der Waals surface area contributed by atoms with Gasteiger partial charge in [0.25, 0.3) is 0 Å². The zero-order valence-electron chi connectivity index (χ0n) is 11.7. The Bertz CT molecular complexity index is 561. The summed E-state index contributed by atoms with van der Waals surface area (Å²) in [7, 11) is 0. The van der Waals surface area contributed by atoms with Crippen LogP contribution in [0.1, 0.15) is 5.56 Å². The summed E-state index contributed by atoms with van der Waals surface area (Å²) < 4.78 is 12.6. The molecule has 1 atom stereocenters. The van der Waals surface area contributed by atoms with E-state index >= 15 is 0 Å². The fourth-order valence-electron chi connectivity index (χ4n) is 2.40. The molecule has 1 unspecified atom stereocenters. The first-order chi connectivity index (χ1) is 10.3. The van der Waals surface area contributed by atoms with E-state index in [0.717, 1.165) is 35.5 Å². The van der Waals surface area contributed by atoms with Gasteiger partial charge in [-0.2, -0.15) is 0 Å². The van der Waals surface area contributed by atoms with Gasteiger partial charge in [0.2, 0.25) is 0 Å². The number of ether oxygens (including phenoxy) is 2. The molecule has 0 saturated heterocycles. The van der Waals surface area contributed by atoms with Gasteiger partial charge in [-0.3, -0.25) is 0 Å². The van der Waals surface area contributed by atoms with E-state index in [-0.39, 0.29) is 6.10 Å². The third-order valence-electron chi connectivity index (χ3n) is 3.45. The highest BCUT2D eigenvalue weighted by Crippen LogP contribution is 2.27. The van der Waals surface area contributed by atoms with E-state index in [1.165, 1.54) is 5.56 Å². The number of hydrogen-bond acceptors (Lipinski definition) is 3. The second-order valence-electron chi connectivity index (χ2n) is 5.06. The summed E-state index contributed by atoms with van der Waals surface area (Å²) in [5.74, 6) is 1.92. The van der Waals surface area contributed by atoms with Gasteiger partial charge >= 0.3 is 0 Å². The average molecular weight is 348 g/mol. The number of para-hydroxylation sites is 1.